The van der Waals surface area contributed by atoms with Gasteiger partial charge in [0.25, 0.3) is 11.8 Å². The first-order valence-electron chi connectivity index (χ1n) is 8.73. The van der Waals surface area contributed by atoms with Gasteiger partial charge in [-0.2, -0.15) is 5.10 Å². The summed E-state index contributed by atoms with van der Waals surface area (Å²) in [6.45, 7) is 1.18. The number of aromatic nitrogens is 2. The number of esters is 1. The number of hydrogen-bond donors (Lipinski definition) is 2. The van der Waals surface area contributed by atoms with Gasteiger partial charge in [0.1, 0.15) is 10.7 Å². The summed E-state index contributed by atoms with van der Waals surface area (Å²) < 4.78 is 6.39. The molecule has 12 heteroatoms. The van der Waals surface area contributed by atoms with Crippen molar-refractivity contribution < 1.29 is 19.1 Å². The molecule has 2 N–H and O–H groups in total. The van der Waals surface area contributed by atoms with Crippen molar-refractivity contribution in [2.75, 3.05) is 6.61 Å². The van der Waals surface area contributed by atoms with Crippen LogP contribution in [0.15, 0.2) is 35.7 Å². The largest absolute Gasteiger partial charge is 0.452 e. The van der Waals surface area contributed by atoms with Gasteiger partial charge in [0.2, 0.25) is 0 Å². The topological polar surface area (TPSA) is 102 Å². The highest BCUT2D eigenvalue weighted by atomic mass is 35.5. The third kappa shape index (κ3) is 5.76. The number of amides is 2. The lowest BCUT2D eigenvalue weighted by Gasteiger charge is -2.08. The summed E-state index contributed by atoms with van der Waals surface area (Å²) in [6, 6.07) is 8.30. The van der Waals surface area contributed by atoms with Crippen LogP contribution in [-0.4, -0.2) is 34.2 Å². The maximum atomic E-state index is 12.4. The van der Waals surface area contributed by atoms with Gasteiger partial charge in [-0.3, -0.25) is 20.4 Å². The number of carbonyl (C=O) groups excluding carboxylic acids is 3. The zero-order valence-electron chi connectivity index (χ0n) is 15.9. The third-order valence-corrected chi connectivity index (χ3v) is 5.84. The van der Waals surface area contributed by atoms with Crippen LogP contribution in [0.5, 0.6) is 0 Å². The molecule has 2 aromatic heterocycles. The predicted molar refractivity (Wildman–Crippen MR) is 118 cm³/mol. The lowest BCUT2D eigenvalue weighted by atomic mass is 10.2. The molecule has 8 nitrogen and oxygen atoms in total. The number of hydrazine groups is 1. The molecule has 0 unspecified atom stereocenters. The van der Waals surface area contributed by atoms with Crippen LogP contribution in [0.1, 0.15) is 31.3 Å². The van der Waals surface area contributed by atoms with Crippen LogP contribution < -0.4 is 10.9 Å². The van der Waals surface area contributed by atoms with Gasteiger partial charge < -0.3 is 4.74 Å². The number of hydrogen-bond acceptors (Lipinski definition) is 6. The second-order valence-corrected chi connectivity index (χ2v) is 8.35. The molecule has 3 rings (SSSR count). The third-order valence-electron chi connectivity index (χ3n) is 4.00. The van der Waals surface area contributed by atoms with Crippen LogP contribution in [0.2, 0.25) is 15.2 Å². The molecule has 0 aliphatic carbocycles. The first kappa shape index (κ1) is 23.1. The van der Waals surface area contributed by atoms with Crippen molar-refractivity contribution >= 4 is 63.9 Å². The van der Waals surface area contributed by atoms with Crippen molar-refractivity contribution in [3.8, 4) is 0 Å². The van der Waals surface area contributed by atoms with E-state index in [-0.39, 0.29) is 17.3 Å². The van der Waals surface area contributed by atoms with Crippen LogP contribution in [0.25, 0.3) is 0 Å². The average Bonchev–Trinajstić information content (AvgIpc) is 3.35. The van der Waals surface area contributed by atoms with Crippen LogP contribution in [-0.2, 0) is 16.1 Å². The molecule has 31 heavy (non-hydrogen) atoms. The van der Waals surface area contributed by atoms with Crippen molar-refractivity contribution in [3.63, 3.8) is 0 Å². The molecule has 0 saturated carbocycles. The van der Waals surface area contributed by atoms with Gasteiger partial charge in [0.15, 0.2) is 6.61 Å². The Bertz CT molecular complexity index is 1130. The minimum atomic E-state index is -0.823. The van der Waals surface area contributed by atoms with Crippen molar-refractivity contribution in [1.29, 1.82) is 0 Å². The molecule has 162 valence electrons. The predicted octanol–water partition coefficient (Wildman–Crippen LogP) is 3.88. The highest BCUT2D eigenvalue weighted by Gasteiger charge is 2.23. The molecule has 0 fully saturated rings. The first-order chi connectivity index (χ1) is 14.8. The van der Waals surface area contributed by atoms with Gasteiger partial charge in [-0.05, 0) is 36.1 Å². The van der Waals surface area contributed by atoms with Crippen LogP contribution in [0.3, 0.4) is 0 Å². The summed E-state index contributed by atoms with van der Waals surface area (Å²) in [4.78, 5) is 36.5. The maximum absolute atomic E-state index is 12.4. The number of rotatable bonds is 6. The van der Waals surface area contributed by atoms with Crippen LogP contribution >= 0.6 is 46.1 Å². The SMILES string of the molecule is Cc1nn(Cc2ccc(Cl)cc2Cl)c(Cl)c1C(=O)OCC(=O)NNC(=O)c1cccs1. The molecule has 2 heterocycles. The fourth-order valence-corrected chi connectivity index (χ4v) is 3.94. The van der Waals surface area contributed by atoms with Crippen molar-refractivity contribution in [2.45, 2.75) is 13.5 Å². The number of nitrogens with zero attached hydrogens (tertiary/aromatic N) is 2. The summed E-state index contributed by atoms with van der Waals surface area (Å²) in [5.74, 6) is -2.02. The lowest BCUT2D eigenvalue weighted by Crippen LogP contribution is -2.43. The highest BCUT2D eigenvalue weighted by Crippen LogP contribution is 2.25. The molecular formula is C19H15Cl3N4O4S. The summed E-state index contributed by atoms with van der Waals surface area (Å²) in [7, 11) is 0. The molecule has 2 amide bonds. The smallest absolute Gasteiger partial charge is 0.343 e. The van der Waals surface area contributed by atoms with Crippen molar-refractivity contribution in [2.24, 2.45) is 0 Å². The van der Waals surface area contributed by atoms with E-state index in [1.807, 2.05) is 0 Å². The number of ether oxygens (including phenoxy) is 1. The summed E-state index contributed by atoms with van der Waals surface area (Å²) in [6.07, 6.45) is 0. The van der Waals surface area contributed by atoms with E-state index in [1.54, 1.807) is 42.6 Å². The number of carbonyl (C=O) groups is 3. The Kier molecular flexibility index (Phi) is 7.55. The molecule has 3 aromatic rings. The van der Waals surface area contributed by atoms with Gasteiger partial charge in [-0.25, -0.2) is 9.48 Å². The molecule has 0 bridgehead atoms. The van der Waals surface area contributed by atoms with E-state index in [9.17, 15) is 14.4 Å². The average molecular weight is 502 g/mol. The molecule has 0 saturated heterocycles. The second kappa shape index (κ2) is 10.1. The van der Waals surface area contributed by atoms with E-state index in [0.717, 1.165) is 0 Å². The fraction of sp³-hybridized carbons (Fsp3) is 0.158. The van der Waals surface area contributed by atoms with Gasteiger partial charge in [0, 0.05) is 10.0 Å². The first-order valence-corrected chi connectivity index (χ1v) is 10.7. The van der Waals surface area contributed by atoms with E-state index in [0.29, 0.717) is 26.2 Å². The molecule has 0 spiro atoms. The zero-order valence-corrected chi connectivity index (χ0v) is 19.0. The summed E-state index contributed by atoms with van der Waals surface area (Å²) in [5.41, 5.74) is 5.46. The number of nitrogens with one attached hydrogen (secondary N) is 2. The molecule has 0 radical (unpaired) electrons. The standard InChI is InChI=1S/C19H15Cl3N4O4S/c1-10-16(17(22)26(25-10)8-11-4-5-12(20)7-13(11)21)19(29)30-9-15(27)23-24-18(28)14-3-2-6-31-14/h2-7H,8-9H2,1H3,(H,23,27)(H,24,28). The Morgan fingerprint density at radius 3 is 2.61 bits per heavy atom. The molecule has 0 aliphatic heterocycles. The lowest BCUT2D eigenvalue weighted by molar-refractivity contribution is -0.125. The number of thiophene rings is 1. The van der Waals surface area contributed by atoms with Gasteiger partial charge in [-0.1, -0.05) is 46.9 Å². The van der Waals surface area contributed by atoms with Gasteiger partial charge in [0.05, 0.1) is 17.1 Å². The normalized spacial score (nSPS) is 10.6. The van der Waals surface area contributed by atoms with Crippen LogP contribution in [0, 0.1) is 6.92 Å². The van der Waals surface area contributed by atoms with Gasteiger partial charge >= 0.3 is 5.97 Å². The molecule has 0 aliphatic rings. The number of aryl methyl sites for hydroxylation is 1. The van der Waals surface area contributed by atoms with Crippen LogP contribution in [0.4, 0.5) is 0 Å². The Morgan fingerprint density at radius 1 is 1.16 bits per heavy atom. The minimum absolute atomic E-state index is 0.0298. The van der Waals surface area contributed by atoms with Crippen molar-refractivity contribution in [1.82, 2.24) is 20.6 Å². The summed E-state index contributed by atoms with van der Waals surface area (Å²) in [5, 5.41) is 6.93. The Balaban J connectivity index is 1.59. The quantitative estimate of drug-likeness (QED) is 0.394. The highest BCUT2D eigenvalue weighted by molar-refractivity contribution is 7.12. The summed E-state index contributed by atoms with van der Waals surface area (Å²) >= 11 is 19.6. The molecule has 1 aromatic carbocycles. The second-order valence-electron chi connectivity index (χ2n) is 6.20. The van der Waals surface area contributed by atoms with Gasteiger partial charge in [-0.15, -0.1) is 11.3 Å². The van der Waals surface area contributed by atoms with E-state index in [4.69, 9.17) is 39.5 Å². The zero-order chi connectivity index (χ0) is 22.5. The monoisotopic (exact) mass is 500 g/mol. The Morgan fingerprint density at radius 2 is 1.94 bits per heavy atom. The van der Waals surface area contributed by atoms with E-state index in [1.165, 1.54) is 16.0 Å². The molecular weight excluding hydrogens is 487 g/mol. The Labute approximate surface area is 196 Å². The number of halogens is 3. The molecule has 0 atom stereocenters. The van der Waals surface area contributed by atoms with E-state index >= 15 is 0 Å². The minimum Gasteiger partial charge on any atom is -0.452 e. The van der Waals surface area contributed by atoms with Crippen molar-refractivity contribution in [3.05, 3.63) is 72.6 Å². The number of benzene rings is 1. The Hall–Kier alpha value is -2.59. The fourth-order valence-electron chi connectivity index (χ4n) is 2.54. The van der Waals surface area contributed by atoms with E-state index < -0.39 is 24.4 Å². The van der Waals surface area contributed by atoms with E-state index in [2.05, 4.69) is 16.0 Å². The maximum Gasteiger partial charge on any atom is 0.343 e.